The second-order valence-electron chi connectivity index (χ2n) is 3.78. The van der Waals surface area contributed by atoms with E-state index in [1.54, 1.807) is 12.5 Å². The minimum atomic E-state index is 0.910. The Labute approximate surface area is 99.2 Å². The Morgan fingerprint density at radius 1 is 0.941 bits per heavy atom. The molecule has 0 fully saturated rings. The van der Waals surface area contributed by atoms with Gasteiger partial charge in [0.2, 0.25) is 0 Å². The number of fused-ring (bicyclic) bond motifs is 1. The van der Waals surface area contributed by atoms with Crippen LogP contribution < -0.4 is 0 Å². The Bertz CT molecular complexity index is 653. The largest absolute Gasteiger partial charge is 0.464 e. The van der Waals surface area contributed by atoms with E-state index < -0.39 is 0 Å². The first-order valence-electron chi connectivity index (χ1n) is 5.49. The molecule has 0 amide bonds. The van der Waals surface area contributed by atoms with E-state index in [0.29, 0.717) is 0 Å². The Morgan fingerprint density at radius 3 is 2.71 bits per heavy atom. The van der Waals surface area contributed by atoms with Gasteiger partial charge in [0.15, 0.2) is 0 Å². The van der Waals surface area contributed by atoms with Crippen molar-refractivity contribution in [2.24, 2.45) is 0 Å². The van der Waals surface area contributed by atoms with Crippen molar-refractivity contribution >= 4 is 23.1 Å². The van der Waals surface area contributed by atoms with E-state index in [-0.39, 0.29) is 0 Å². The first-order chi connectivity index (χ1) is 8.43. The number of hydrogen-bond acceptors (Lipinski definition) is 2. The summed E-state index contributed by atoms with van der Waals surface area (Å²) in [7, 11) is 0. The molecule has 0 spiro atoms. The molecule has 0 unspecified atom stereocenters. The van der Waals surface area contributed by atoms with Crippen LogP contribution in [-0.2, 0) is 0 Å². The van der Waals surface area contributed by atoms with Gasteiger partial charge in [-0.15, -0.1) is 0 Å². The molecule has 0 saturated carbocycles. The maximum absolute atomic E-state index is 5.47. The molecule has 3 rings (SSSR count). The monoisotopic (exact) mass is 221 g/mol. The Hall–Kier alpha value is -2.35. The normalized spacial score (nSPS) is 11.3. The highest BCUT2D eigenvalue weighted by Gasteiger charge is 2.00. The van der Waals surface area contributed by atoms with Gasteiger partial charge in [0.1, 0.15) is 5.58 Å². The van der Waals surface area contributed by atoms with Crippen LogP contribution in [0.25, 0.3) is 23.1 Å². The number of pyridine rings is 1. The number of aromatic nitrogens is 1. The molecule has 2 heteroatoms. The lowest BCUT2D eigenvalue weighted by molar-refractivity contribution is 0.615. The molecule has 0 aliphatic rings. The van der Waals surface area contributed by atoms with Crippen LogP contribution in [0.1, 0.15) is 11.3 Å². The summed E-state index contributed by atoms with van der Waals surface area (Å²) in [5.74, 6) is 0. The van der Waals surface area contributed by atoms with Crippen LogP contribution in [0, 0.1) is 0 Å². The zero-order valence-corrected chi connectivity index (χ0v) is 9.21. The van der Waals surface area contributed by atoms with E-state index in [1.807, 2.05) is 48.6 Å². The van der Waals surface area contributed by atoms with Gasteiger partial charge in [-0.3, -0.25) is 4.98 Å². The van der Waals surface area contributed by atoms with Crippen molar-refractivity contribution in [3.8, 4) is 0 Å². The van der Waals surface area contributed by atoms with Gasteiger partial charge in [-0.2, -0.15) is 0 Å². The van der Waals surface area contributed by atoms with Gasteiger partial charge in [0, 0.05) is 17.1 Å². The molecule has 0 radical (unpaired) electrons. The summed E-state index contributed by atoms with van der Waals surface area (Å²) >= 11 is 0. The SMILES string of the molecule is C(=C\c1coc2ccccc12)/c1ccccn1. The molecule has 2 aromatic heterocycles. The number of hydrogen-bond donors (Lipinski definition) is 0. The van der Waals surface area contributed by atoms with Crippen molar-refractivity contribution in [1.82, 2.24) is 4.98 Å². The lowest BCUT2D eigenvalue weighted by atomic mass is 10.1. The highest BCUT2D eigenvalue weighted by Crippen LogP contribution is 2.22. The molecule has 0 N–H and O–H groups in total. The molecule has 3 aromatic rings. The summed E-state index contributed by atoms with van der Waals surface area (Å²) in [4.78, 5) is 4.24. The topological polar surface area (TPSA) is 26.0 Å². The van der Waals surface area contributed by atoms with Crippen LogP contribution in [0.15, 0.2) is 59.3 Å². The number of furan rings is 1. The van der Waals surface area contributed by atoms with Gasteiger partial charge in [0.25, 0.3) is 0 Å². The van der Waals surface area contributed by atoms with E-state index in [0.717, 1.165) is 22.2 Å². The number of benzene rings is 1. The third-order valence-corrected chi connectivity index (χ3v) is 2.63. The average Bonchev–Trinajstić information content (AvgIpc) is 2.81. The van der Waals surface area contributed by atoms with Crippen LogP contribution >= 0.6 is 0 Å². The van der Waals surface area contributed by atoms with Crippen molar-refractivity contribution in [2.75, 3.05) is 0 Å². The number of nitrogens with zero attached hydrogens (tertiary/aromatic N) is 1. The number of para-hydroxylation sites is 1. The van der Waals surface area contributed by atoms with Crippen molar-refractivity contribution in [2.45, 2.75) is 0 Å². The Morgan fingerprint density at radius 2 is 1.82 bits per heavy atom. The first-order valence-corrected chi connectivity index (χ1v) is 5.49. The highest BCUT2D eigenvalue weighted by molar-refractivity contribution is 5.89. The minimum Gasteiger partial charge on any atom is -0.464 e. The zero-order chi connectivity index (χ0) is 11.5. The van der Waals surface area contributed by atoms with Gasteiger partial charge < -0.3 is 4.42 Å². The lowest BCUT2D eigenvalue weighted by Gasteiger charge is -1.91. The summed E-state index contributed by atoms with van der Waals surface area (Å²) in [5.41, 5.74) is 2.93. The molecule has 2 heterocycles. The smallest absolute Gasteiger partial charge is 0.134 e. The Kier molecular flexibility index (Phi) is 2.47. The maximum Gasteiger partial charge on any atom is 0.134 e. The fourth-order valence-electron chi connectivity index (χ4n) is 1.78. The van der Waals surface area contributed by atoms with Gasteiger partial charge in [0.05, 0.1) is 12.0 Å². The van der Waals surface area contributed by atoms with Crippen molar-refractivity contribution in [3.63, 3.8) is 0 Å². The van der Waals surface area contributed by atoms with E-state index in [4.69, 9.17) is 4.42 Å². The molecule has 0 aliphatic carbocycles. The summed E-state index contributed by atoms with van der Waals surface area (Å²) < 4.78 is 5.47. The van der Waals surface area contributed by atoms with Gasteiger partial charge in [-0.05, 0) is 30.4 Å². The third-order valence-electron chi connectivity index (χ3n) is 2.63. The van der Waals surface area contributed by atoms with Crippen LogP contribution in [0.5, 0.6) is 0 Å². The minimum absolute atomic E-state index is 0.910. The summed E-state index contributed by atoms with van der Waals surface area (Å²) in [6, 6.07) is 13.8. The second-order valence-corrected chi connectivity index (χ2v) is 3.78. The fraction of sp³-hybridized carbons (Fsp3) is 0. The molecule has 17 heavy (non-hydrogen) atoms. The molecule has 82 valence electrons. The average molecular weight is 221 g/mol. The van der Waals surface area contributed by atoms with Crippen LogP contribution in [0.4, 0.5) is 0 Å². The van der Waals surface area contributed by atoms with Crippen molar-refractivity contribution in [3.05, 3.63) is 66.2 Å². The van der Waals surface area contributed by atoms with Crippen molar-refractivity contribution in [1.29, 1.82) is 0 Å². The summed E-state index contributed by atoms with van der Waals surface area (Å²) in [5, 5.41) is 1.12. The van der Waals surface area contributed by atoms with Crippen molar-refractivity contribution < 1.29 is 4.42 Å². The molecule has 0 atom stereocenters. The summed E-state index contributed by atoms with van der Waals surface area (Å²) in [6.07, 6.45) is 7.56. The van der Waals surface area contributed by atoms with Gasteiger partial charge >= 0.3 is 0 Å². The van der Waals surface area contributed by atoms with E-state index >= 15 is 0 Å². The van der Waals surface area contributed by atoms with Crippen LogP contribution in [-0.4, -0.2) is 4.98 Å². The van der Waals surface area contributed by atoms with Crippen LogP contribution in [0.2, 0.25) is 0 Å². The number of rotatable bonds is 2. The molecular weight excluding hydrogens is 210 g/mol. The first kappa shape index (κ1) is 9.85. The molecule has 2 nitrogen and oxygen atoms in total. The molecule has 1 aromatic carbocycles. The standard InChI is InChI=1S/C15H11NO/c1-2-7-15-14(6-1)12(11-17-15)8-9-13-5-3-4-10-16-13/h1-11H/b9-8+. The molecule has 0 aliphatic heterocycles. The predicted octanol–water partition coefficient (Wildman–Crippen LogP) is 4.00. The second kappa shape index (κ2) is 4.26. The van der Waals surface area contributed by atoms with E-state index in [2.05, 4.69) is 11.1 Å². The Balaban J connectivity index is 1.98. The predicted molar refractivity (Wildman–Crippen MR) is 69.4 cm³/mol. The lowest BCUT2D eigenvalue weighted by Crippen LogP contribution is -1.76. The molecule has 0 bridgehead atoms. The van der Waals surface area contributed by atoms with E-state index in [1.165, 1.54) is 0 Å². The molecule has 0 saturated heterocycles. The highest BCUT2D eigenvalue weighted by atomic mass is 16.3. The van der Waals surface area contributed by atoms with E-state index in [9.17, 15) is 0 Å². The maximum atomic E-state index is 5.47. The van der Waals surface area contributed by atoms with Gasteiger partial charge in [-0.25, -0.2) is 0 Å². The quantitative estimate of drug-likeness (QED) is 0.653. The third kappa shape index (κ3) is 1.97. The van der Waals surface area contributed by atoms with Crippen LogP contribution in [0.3, 0.4) is 0 Å². The molecular formula is C15H11NO. The summed E-state index contributed by atoms with van der Waals surface area (Å²) in [6.45, 7) is 0. The fourth-order valence-corrected chi connectivity index (χ4v) is 1.78. The zero-order valence-electron chi connectivity index (χ0n) is 9.21. The van der Waals surface area contributed by atoms with Gasteiger partial charge in [-0.1, -0.05) is 24.3 Å².